The first kappa shape index (κ1) is 17.1. The topological polar surface area (TPSA) is 80.3 Å². The van der Waals surface area contributed by atoms with Crippen LogP contribution in [-0.2, 0) is 10.0 Å². The molecule has 0 aromatic heterocycles. The first-order chi connectivity index (χ1) is 10.8. The smallest absolute Gasteiger partial charge is 0.240 e. The molecular formula is C17H17NO4S. The van der Waals surface area contributed by atoms with Crippen molar-refractivity contribution >= 4 is 21.6 Å². The fraction of sp³-hybridized carbons (Fsp3) is 0.176. The lowest BCUT2D eigenvalue weighted by atomic mass is 10.1. The second-order valence-electron chi connectivity index (χ2n) is 5.19. The van der Waals surface area contributed by atoms with Crippen molar-refractivity contribution in [3.63, 3.8) is 0 Å². The second kappa shape index (κ2) is 6.85. The van der Waals surface area contributed by atoms with E-state index in [4.69, 9.17) is 0 Å². The van der Waals surface area contributed by atoms with Gasteiger partial charge in [0.05, 0.1) is 11.4 Å². The van der Waals surface area contributed by atoms with Gasteiger partial charge in [-0.2, -0.15) is 0 Å². The predicted molar refractivity (Wildman–Crippen MR) is 87.1 cm³/mol. The summed E-state index contributed by atoms with van der Waals surface area (Å²) in [4.78, 5) is 23.3. The Morgan fingerprint density at radius 2 is 1.43 bits per heavy atom. The Hall–Kier alpha value is -2.31. The van der Waals surface area contributed by atoms with Crippen molar-refractivity contribution in [3.05, 3.63) is 65.2 Å². The van der Waals surface area contributed by atoms with Crippen LogP contribution in [0, 0.1) is 6.92 Å². The zero-order chi connectivity index (χ0) is 17.0. The third-order valence-electron chi connectivity index (χ3n) is 3.37. The molecule has 2 aromatic carbocycles. The van der Waals surface area contributed by atoms with Crippen LogP contribution in [0.25, 0.3) is 0 Å². The van der Waals surface area contributed by atoms with Crippen molar-refractivity contribution in [3.8, 4) is 0 Å². The van der Waals surface area contributed by atoms with Crippen LogP contribution < -0.4 is 4.72 Å². The molecule has 120 valence electrons. The number of benzene rings is 2. The first-order valence-corrected chi connectivity index (χ1v) is 8.48. The monoisotopic (exact) mass is 331 g/mol. The van der Waals surface area contributed by atoms with Crippen molar-refractivity contribution in [2.24, 2.45) is 0 Å². The van der Waals surface area contributed by atoms with Gasteiger partial charge in [-0.15, -0.1) is 0 Å². The molecule has 0 spiro atoms. The molecule has 0 aliphatic rings. The van der Waals surface area contributed by atoms with E-state index in [2.05, 4.69) is 4.72 Å². The SMILES string of the molecule is CC(=O)c1ccc(C(=O)CNS(=O)(=O)c2ccc(C)cc2)cc1. The van der Waals surface area contributed by atoms with Crippen molar-refractivity contribution in [1.29, 1.82) is 0 Å². The van der Waals surface area contributed by atoms with Gasteiger partial charge in [0, 0.05) is 11.1 Å². The third-order valence-corrected chi connectivity index (χ3v) is 4.78. The van der Waals surface area contributed by atoms with Crippen LogP contribution >= 0.6 is 0 Å². The number of hydrogen-bond donors (Lipinski definition) is 1. The van der Waals surface area contributed by atoms with Gasteiger partial charge in [-0.1, -0.05) is 42.0 Å². The number of Topliss-reactive ketones (excluding diaryl/α,β-unsaturated/α-hetero) is 2. The molecule has 0 unspecified atom stereocenters. The van der Waals surface area contributed by atoms with Crippen LogP contribution in [-0.4, -0.2) is 26.5 Å². The largest absolute Gasteiger partial charge is 0.295 e. The number of nitrogens with one attached hydrogen (secondary N) is 1. The summed E-state index contributed by atoms with van der Waals surface area (Å²) in [6.07, 6.45) is 0. The van der Waals surface area contributed by atoms with Crippen LogP contribution in [0.1, 0.15) is 33.2 Å². The van der Waals surface area contributed by atoms with Crippen LogP contribution in [0.15, 0.2) is 53.4 Å². The van der Waals surface area contributed by atoms with Gasteiger partial charge in [-0.25, -0.2) is 13.1 Å². The van der Waals surface area contributed by atoms with E-state index in [1.165, 1.54) is 31.2 Å². The number of carbonyl (C=O) groups is 2. The molecule has 0 aliphatic heterocycles. The van der Waals surface area contributed by atoms with E-state index in [0.717, 1.165) is 5.56 Å². The highest BCUT2D eigenvalue weighted by atomic mass is 32.2. The first-order valence-electron chi connectivity index (χ1n) is 7.00. The molecule has 2 rings (SSSR count). The van der Waals surface area contributed by atoms with Crippen molar-refractivity contribution in [1.82, 2.24) is 4.72 Å². The standard InChI is InChI=1S/C17H17NO4S/c1-12-3-9-16(10-4-12)23(21,22)18-11-17(20)15-7-5-14(6-8-15)13(2)19/h3-10,18H,11H2,1-2H3. The minimum absolute atomic E-state index is 0.0935. The van der Waals surface area contributed by atoms with Gasteiger partial charge in [-0.3, -0.25) is 9.59 Å². The van der Waals surface area contributed by atoms with Gasteiger partial charge in [0.25, 0.3) is 0 Å². The average molecular weight is 331 g/mol. The fourth-order valence-corrected chi connectivity index (χ4v) is 2.94. The second-order valence-corrected chi connectivity index (χ2v) is 6.96. The van der Waals surface area contributed by atoms with E-state index < -0.39 is 10.0 Å². The molecule has 0 fully saturated rings. The molecule has 0 aliphatic carbocycles. The van der Waals surface area contributed by atoms with E-state index in [1.54, 1.807) is 24.3 Å². The highest BCUT2D eigenvalue weighted by Gasteiger charge is 2.16. The van der Waals surface area contributed by atoms with E-state index in [1.807, 2.05) is 6.92 Å². The maximum Gasteiger partial charge on any atom is 0.240 e. The van der Waals surface area contributed by atoms with Crippen molar-refractivity contribution in [2.45, 2.75) is 18.7 Å². The molecule has 23 heavy (non-hydrogen) atoms. The molecule has 0 saturated carbocycles. The molecule has 0 heterocycles. The molecule has 6 heteroatoms. The number of carbonyl (C=O) groups excluding carboxylic acids is 2. The summed E-state index contributed by atoms with van der Waals surface area (Å²) in [6.45, 7) is 2.96. The molecule has 0 amide bonds. The molecule has 0 atom stereocenters. The minimum Gasteiger partial charge on any atom is -0.295 e. The van der Waals surface area contributed by atoms with Crippen LogP contribution in [0.4, 0.5) is 0 Å². The molecule has 0 radical (unpaired) electrons. The summed E-state index contributed by atoms with van der Waals surface area (Å²) in [7, 11) is -3.73. The highest BCUT2D eigenvalue weighted by molar-refractivity contribution is 7.89. The van der Waals surface area contributed by atoms with Crippen molar-refractivity contribution < 1.29 is 18.0 Å². The maximum atomic E-state index is 12.1. The molecule has 2 aromatic rings. The van der Waals surface area contributed by atoms with Crippen LogP contribution in [0.5, 0.6) is 0 Å². The van der Waals surface area contributed by atoms with E-state index >= 15 is 0 Å². The summed E-state index contributed by atoms with van der Waals surface area (Å²) in [5.41, 5.74) is 1.80. The number of aryl methyl sites for hydroxylation is 1. The van der Waals surface area contributed by atoms with Gasteiger partial charge in [0.15, 0.2) is 11.6 Å². The Kier molecular flexibility index (Phi) is 5.08. The van der Waals surface area contributed by atoms with Crippen LogP contribution in [0.2, 0.25) is 0 Å². The summed E-state index contributed by atoms with van der Waals surface area (Å²) in [5, 5.41) is 0. The molecule has 0 bridgehead atoms. The quantitative estimate of drug-likeness (QED) is 0.824. The predicted octanol–water partition coefficient (Wildman–Crippen LogP) is 2.36. The number of rotatable bonds is 6. The maximum absolute atomic E-state index is 12.1. The highest BCUT2D eigenvalue weighted by Crippen LogP contribution is 2.10. The van der Waals surface area contributed by atoms with Gasteiger partial charge in [-0.05, 0) is 26.0 Å². The van der Waals surface area contributed by atoms with Gasteiger partial charge >= 0.3 is 0 Å². The minimum atomic E-state index is -3.73. The molecule has 0 saturated heterocycles. The fourth-order valence-electron chi connectivity index (χ4n) is 1.95. The summed E-state index contributed by atoms with van der Waals surface area (Å²) < 4.78 is 26.5. The Morgan fingerprint density at radius 3 is 1.96 bits per heavy atom. The lowest BCUT2D eigenvalue weighted by Gasteiger charge is -2.07. The third kappa shape index (κ3) is 4.34. The van der Waals surface area contributed by atoms with Gasteiger partial charge in [0.1, 0.15) is 0 Å². The van der Waals surface area contributed by atoms with Gasteiger partial charge < -0.3 is 0 Å². The molecular weight excluding hydrogens is 314 g/mol. The summed E-state index contributed by atoms with van der Waals surface area (Å²) in [6, 6.07) is 12.5. The molecule has 1 N–H and O–H groups in total. The Labute approximate surface area is 135 Å². The molecule has 5 nitrogen and oxygen atoms in total. The zero-order valence-electron chi connectivity index (χ0n) is 12.9. The number of sulfonamides is 1. The lowest BCUT2D eigenvalue weighted by molar-refractivity contribution is 0.0991. The zero-order valence-corrected chi connectivity index (χ0v) is 13.7. The normalized spacial score (nSPS) is 11.2. The lowest BCUT2D eigenvalue weighted by Crippen LogP contribution is -2.29. The average Bonchev–Trinajstić information content (AvgIpc) is 2.53. The van der Waals surface area contributed by atoms with Crippen molar-refractivity contribution in [2.75, 3.05) is 6.54 Å². The van der Waals surface area contributed by atoms with E-state index in [-0.39, 0.29) is 23.0 Å². The van der Waals surface area contributed by atoms with Crippen LogP contribution in [0.3, 0.4) is 0 Å². The number of hydrogen-bond acceptors (Lipinski definition) is 4. The Bertz CT molecular complexity index is 822. The van der Waals surface area contributed by atoms with E-state index in [0.29, 0.717) is 11.1 Å². The van der Waals surface area contributed by atoms with E-state index in [9.17, 15) is 18.0 Å². The summed E-state index contributed by atoms with van der Waals surface area (Å²) in [5.74, 6) is -0.458. The Morgan fingerprint density at radius 1 is 0.913 bits per heavy atom. The Balaban J connectivity index is 2.06. The number of ketones is 2. The summed E-state index contributed by atoms with van der Waals surface area (Å²) >= 11 is 0. The van der Waals surface area contributed by atoms with Gasteiger partial charge in [0.2, 0.25) is 10.0 Å².